The van der Waals surface area contributed by atoms with Crippen molar-refractivity contribution in [3.05, 3.63) is 42.5 Å². The normalized spacial score (nSPS) is 20.8. The van der Waals surface area contributed by atoms with Crippen molar-refractivity contribution in [2.75, 3.05) is 0 Å². The minimum Gasteiger partial charge on any atom is -0.481 e. The highest BCUT2D eigenvalue weighted by Gasteiger charge is 2.17. The van der Waals surface area contributed by atoms with Crippen LogP contribution in [0, 0.1) is 5.92 Å². The average molecular weight is 324 g/mol. The lowest BCUT2D eigenvalue weighted by atomic mass is 9.89. The number of ether oxygens (including phenoxy) is 1. The van der Waals surface area contributed by atoms with Crippen molar-refractivity contribution in [1.82, 2.24) is 5.43 Å². The Balaban J connectivity index is 1.59. The Labute approximate surface area is 142 Å². The summed E-state index contributed by atoms with van der Waals surface area (Å²) in [6.07, 6.45) is 3.76. The topological polar surface area (TPSA) is 50.7 Å². The van der Waals surface area contributed by atoms with Crippen molar-refractivity contribution < 1.29 is 9.53 Å². The van der Waals surface area contributed by atoms with Gasteiger partial charge in [0, 0.05) is 5.71 Å². The Bertz CT molecular complexity index is 754. The maximum Gasteiger partial charge on any atom is 0.280 e. The molecule has 1 saturated carbocycles. The summed E-state index contributed by atoms with van der Waals surface area (Å²) in [5.41, 5.74) is 3.74. The molecule has 0 unspecified atom stereocenters. The number of amides is 1. The summed E-state index contributed by atoms with van der Waals surface area (Å²) in [7, 11) is 0. The van der Waals surface area contributed by atoms with Crippen LogP contribution < -0.4 is 10.2 Å². The fraction of sp³-hybridized carbons (Fsp3) is 0.400. The van der Waals surface area contributed by atoms with Gasteiger partial charge in [0.2, 0.25) is 0 Å². The quantitative estimate of drug-likeness (QED) is 0.853. The van der Waals surface area contributed by atoms with Gasteiger partial charge in [-0.1, -0.05) is 37.3 Å². The first kappa shape index (κ1) is 16.5. The fourth-order valence-corrected chi connectivity index (χ4v) is 3.09. The van der Waals surface area contributed by atoms with Crippen molar-refractivity contribution in [3.63, 3.8) is 0 Å². The number of benzene rings is 2. The molecule has 2 aromatic carbocycles. The third-order valence-corrected chi connectivity index (χ3v) is 4.47. The summed E-state index contributed by atoms with van der Waals surface area (Å²) >= 11 is 0. The third kappa shape index (κ3) is 4.13. The van der Waals surface area contributed by atoms with Gasteiger partial charge in [-0.15, -0.1) is 0 Å². The minimum absolute atomic E-state index is 0.214. The minimum atomic E-state index is -0.587. The lowest BCUT2D eigenvalue weighted by Crippen LogP contribution is -2.34. The summed E-state index contributed by atoms with van der Waals surface area (Å²) in [5, 5.41) is 6.53. The number of nitrogens with zero attached hydrogens (tertiary/aromatic N) is 1. The first-order valence-electron chi connectivity index (χ1n) is 8.62. The molecule has 2 aromatic rings. The van der Waals surface area contributed by atoms with Gasteiger partial charge in [0.25, 0.3) is 5.91 Å². The Kier molecular flexibility index (Phi) is 5.14. The predicted octanol–water partition coefficient (Wildman–Crippen LogP) is 4.29. The monoisotopic (exact) mass is 324 g/mol. The highest BCUT2D eigenvalue weighted by atomic mass is 16.5. The molecule has 1 N–H and O–H groups in total. The molecule has 126 valence electrons. The standard InChI is InChI=1S/C20H24N2O2/c1-14-6-5-9-18(12-14)21-22-20(23)15(2)24-19-11-10-16-7-3-4-8-17(16)13-19/h3-4,7-8,10-11,13-15H,5-6,9,12H2,1-2H3,(H,22,23)/b21-18-/t14-,15-/m1/s1. The van der Waals surface area contributed by atoms with Crippen LogP contribution in [-0.2, 0) is 4.79 Å². The summed E-state index contributed by atoms with van der Waals surface area (Å²) in [6.45, 7) is 3.97. The third-order valence-electron chi connectivity index (χ3n) is 4.47. The van der Waals surface area contributed by atoms with Crippen LogP contribution in [0.25, 0.3) is 10.8 Å². The number of hydrazone groups is 1. The molecule has 1 aliphatic carbocycles. The number of fused-ring (bicyclic) bond motifs is 1. The van der Waals surface area contributed by atoms with E-state index < -0.39 is 6.10 Å². The average Bonchev–Trinajstić information content (AvgIpc) is 2.59. The molecule has 1 fully saturated rings. The molecule has 0 aromatic heterocycles. The second-order valence-electron chi connectivity index (χ2n) is 6.62. The Hall–Kier alpha value is -2.36. The van der Waals surface area contributed by atoms with E-state index >= 15 is 0 Å². The highest BCUT2D eigenvalue weighted by Crippen LogP contribution is 2.22. The summed E-state index contributed by atoms with van der Waals surface area (Å²) in [6, 6.07) is 13.9. The Morgan fingerprint density at radius 3 is 2.83 bits per heavy atom. The van der Waals surface area contributed by atoms with E-state index in [1.807, 2.05) is 36.4 Å². The van der Waals surface area contributed by atoms with Crippen molar-refractivity contribution in [3.8, 4) is 5.75 Å². The van der Waals surface area contributed by atoms with Crippen LogP contribution >= 0.6 is 0 Å². The molecule has 3 rings (SSSR count). The van der Waals surface area contributed by atoms with E-state index in [1.54, 1.807) is 6.92 Å². The van der Waals surface area contributed by atoms with Crippen LogP contribution in [0.4, 0.5) is 0 Å². The lowest BCUT2D eigenvalue weighted by molar-refractivity contribution is -0.127. The van der Waals surface area contributed by atoms with Gasteiger partial charge >= 0.3 is 0 Å². The molecule has 4 nitrogen and oxygen atoms in total. The van der Waals surface area contributed by atoms with Gasteiger partial charge in [0.1, 0.15) is 5.75 Å². The second-order valence-corrected chi connectivity index (χ2v) is 6.62. The number of hydrogen-bond acceptors (Lipinski definition) is 3. The van der Waals surface area contributed by atoms with Gasteiger partial charge in [0.05, 0.1) is 0 Å². The molecule has 0 aliphatic heterocycles. The predicted molar refractivity (Wildman–Crippen MR) is 97.2 cm³/mol. The van der Waals surface area contributed by atoms with E-state index in [-0.39, 0.29) is 5.91 Å². The molecule has 1 amide bonds. The molecule has 0 bridgehead atoms. The molecular formula is C20H24N2O2. The molecule has 0 saturated heterocycles. The second kappa shape index (κ2) is 7.47. The first-order valence-corrected chi connectivity index (χ1v) is 8.62. The maximum atomic E-state index is 12.2. The van der Waals surface area contributed by atoms with Gasteiger partial charge in [-0.2, -0.15) is 5.10 Å². The van der Waals surface area contributed by atoms with Crippen LogP contribution in [-0.4, -0.2) is 17.7 Å². The first-order chi connectivity index (χ1) is 11.6. The van der Waals surface area contributed by atoms with Crippen molar-refractivity contribution in [1.29, 1.82) is 0 Å². The van der Waals surface area contributed by atoms with Crippen LogP contribution in [0.15, 0.2) is 47.6 Å². The van der Waals surface area contributed by atoms with E-state index in [1.165, 1.54) is 6.42 Å². The Morgan fingerprint density at radius 1 is 1.25 bits per heavy atom. The van der Waals surface area contributed by atoms with Crippen molar-refractivity contribution in [2.24, 2.45) is 11.0 Å². The number of nitrogens with one attached hydrogen (secondary N) is 1. The zero-order valence-corrected chi connectivity index (χ0v) is 14.3. The number of carbonyl (C=O) groups is 1. The molecule has 4 heteroatoms. The van der Waals surface area contributed by atoms with E-state index in [9.17, 15) is 4.79 Å². The summed E-state index contributed by atoms with van der Waals surface area (Å²) in [5.74, 6) is 1.13. The van der Waals surface area contributed by atoms with E-state index in [0.29, 0.717) is 11.7 Å². The van der Waals surface area contributed by atoms with Crippen LogP contribution in [0.5, 0.6) is 5.75 Å². The fourth-order valence-electron chi connectivity index (χ4n) is 3.09. The molecule has 2 atom stereocenters. The number of rotatable bonds is 4. The van der Waals surface area contributed by atoms with E-state index in [0.717, 1.165) is 35.7 Å². The van der Waals surface area contributed by atoms with Gasteiger partial charge < -0.3 is 4.74 Å². The number of hydrogen-bond donors (Lipinski definition) is 1. The SMILES string of the molecule is C[C@@H]1CCC/C(=N/NC(=O)[C@@H](C)Oc2ccc3ccccc3c2)C1. The van der Waals surface area contributed by atoms with E-state index in [2.05, 4.69) is 23.5 Å². The largest absolute Gasteiger partial charge is 0.481 e. The molecule has 0 radical (unpaired) electrons. The van der Waals surface area contributed by atoms with Crippen LogP contribution in [0.3, 0.4) is 0 Å². The van der Waals surface area contributed by atoms with Gasteiger partial charge in [0.15, 0.2) is 6.10 Å². The zero-order valence-electron chi connectivity index (χ0n) is 14.3. The van der Waals surface area contributed by atoms with Crippen molar-refractivity contribution >= 4 is 22.4 Å². The molecule has 0 spiro atoms. The highest BCUT2D eigenvalue weighted by molar-refractivity contribution is 5.88. The zero-order chi connectivity index (χ0) is 16.9. The summed E-state index contributed by atoms with van der Waals surface area (Å²) < 4.78 is 5.76. The molecule has 1 aliphatic rings. The van der Waals surface area contributed by atoms with Crippen LogP contribution in [0.2, 0.25) is 0 Å². The number of carbonyl (C=O) groups excluding carboxylic acids is 1. The smallest absolute Gasteiger partial charge is 0.280 e. The summed E-state index contributed by atoms with van der Waals surface area (Å²) in [4.78, 5) is 12.2. The lowest BCUT2D eigenvalue weighted by Gasteiger charge is -2.19. The molecule has 0 heterocycles. The van der Waals surface area contributed by atoms with Gasteiger partial charge in [-0.05, 0) is 61.4 Å². The van der Waals surface area contributed by atoms with Crippen molar-refractivity contribution in [2.45, 2.75) is 45.6 Å². The molecular weight excluding hydrogens is 300 g/mol. The van der Waals surface area contributed by atoms with E-state index in [4.69, 9.17) is 4.74 Å². The Morgan fingerprint density at radius 2 is 2.04 bits per heavy atom. The van der Waals surface area contributed by atoms with Gasteiger partial charge in [-0.3, -0.25) is 4.79 Å². The van der Waals surface area contributed by atoms with Gasteiger partial charge in [-0.25, -0.2) is 5.43 Å². The van der Waals surface area contributed by atoms with Crippen LogP contribution in [0.1, 0.15) is 39.5 Å². The maximum absolute atomic E-state index is 12.2. The molecule has 24 heavy (non-hydrogen) atoms.